The Kier molecular flexibility index (Phi) is 6.49. The van der Waals surface area contributed by atoms with E-state index in [0.717, 1.165) is 19.0 Å². The number of halogens is 3. The molecule has 0 aromatic carbocycles. The summed E-state index contributed by atoms with van der Waals surface area (Å²) in [4.78, 5) is 51.9. The Morgan fingerprint density at radius 1 is 1.22 bits per heavy atom. The minimum Gasteiger partial charge on any atom is -0.334 e. The number of likely N-dealkylation sites (tertiary alicyclic amines) is 2. The lowest BCUT2D eigenvalue weighted by atomic mass is 9.82. The Bertz CT molecular complexity index is 1600. The van der Waals surface area contributed by atoms with Crippen LogP contribution in [0.1, 0.15) is 53.7 Å². The second-order valence-electron chi connectivity index (χ2n) is 11.8. The molecule has 6 rings (SSSR count). The predicted molar refractivity (Wildman–Crippen MR) is 147 cm³/mol. The molecule has 0 spiro atoms. The summed E-state index contributed by atoms with van der Waals surface area (Å²) in [6.45, 7) is 8.77. The van der Waals surface area contributed by atoms with E-state index in [-0.39, 0.29) is 47.1 Å². The van der Waals surface area contributed by atoms with E-state index in [4.69, 9.17) is 0 Å². The number of nitrogens with zero attached hydrogens (tertiary/aromatic N) is 4. The summed E-state index contributed by atoms with van der Waals surface area (Å²) in [5.74, 6) is -1.01. The normalized spacial score (nSPS) is 24.1. The van der Waals surface area contributed by atoms with Gasteiger partial charge < -0.3 is 10.2 Å². The predicted octanol–water partition coefficient (Wildman–Crippen LogP) is 4.65. The number of aromatic nitrogens is 2. The van der Waals surface area contributed by atoms with Gasteiger partial charge in [-0.05, 0) is 43.0 Å². The first-order valence-electron chi connectivity index (χ1n) is 13.6. The van der Waals surface area contributed by atoms with Crippen molar-refractivity contribution in [2.75, 3.05) is 19.6 Å². The molecule has 0 aliphatic carbocycles. The van der Waals surface area contributed by atoms with Crippen LogP contribution in [0.4, 0.5) is 13.2 Å². The lowest BCUT2D eigenvalue weighted by Gasteiger charge is -2.26. The molecule has 3 aliphatic rings. The fourth-order valence-corrected chi connectivity index (χ4v) is 7.38. The van der Waals surface area contributed by atoms with Crippen molar-refractivity contribution < 1.29 is 27.6 Å². The fraction of sp³-hybridized carbons (Fsp3) is 0.483. The highest BCUT2D eigenvalue weighted by Crippen LogP contribution is 2.42. The van der Waals surface area contributed by atoms with Gasteiger partial charge in [-0.2, -0.15) is 13.2 Å². The van der Waals surface area contributed by atoms with E-state index in [1.807, 2.05) is 0 Å². The fourth-order valence-electron chi connectivity index (χ4n) is 6.26. The third-order valence-electron chi connectivity index (χ3n) is 8.97. The summed E-state index contributed by atoms with van der Waals surface area (Å²) < 4.78 is 42.4. The molecule has 3 amide bonds. The summed E-state index contributed by atoms with van der Waals surface area (Å²) in [5, 5.41) is 3.30. The number of fused-ring (bicyclic) bond motifs is 2. The van der Waals surface area contributed by atoms with Gasteiger partial charge in [0.05, 0.1) is 33.4 Å². The molecule has 0 saturated carbocycles. The second-order valence-corrected chi connectivity index (χ2v) is 12.9. The summed E-state index contributed by atoms with van der Waals surface area (Å²) >= 11 is 1.23. The van der Waals surface area contributed by atoms with Crippen molar-refractivity contribution >= 4 is 39.3 Å². The molecule has 8 nitrogen and oxygen atoms in total. The smallest absolute Gasteiger partial charge is 0.334 e. The van der Waals surface area contributed by atoms with Gasteiger partial charge in [0.2, 0.25) is 11.8 Å². The topological polar surface area (TPSA) is 95.5 Å². The maximum absolute atomic E-state index is 14.0. The van der Waals surface area contributed by atoms with Crippen LogP contribution in [0.25, 0.3) is 21.5 Å². The average molecular weight is 586 g/mol. The number of rotatable bonds is 4. The van der Waals surface area contributed by atoms with Crippen molar-refractivity contribution in [1.29, 1.82) is 0 Å². The Balaban J connectivity index is 1.45. The number of pyridine rings is 2. The zero-order chi connectivity index (χ0) is 29.4. The van der Waals surface area contributed by atoms with Crippen LogP contribution < -0.4 is 5.32 Å². The van der Waals surface area contributed by atoms with Gasteiger partial charge in [0.15, 0.2) is 0 Å². The molecule has 0 radical (unpaired) electrons. The molecular formula is C29H30F3N5O3S. The minimum atomic E-state index is -4.71. The average Bonchev–Trinajstić information content (AvgIpc) is 3.66. The van der Waals surface area contributed by atoms with Gasteiger partial charge in [0.1, 0.15) is 5.69 Å². The van der Waals surface area contributed by atoms with E-state index in [1.54, 1.807) is 37.8 Å². The SMILES string of the molecule is Cc1cc(C(F)(F)F)nc(-c2ccnc3cc(CN4C(=O)C(C)C(C)(C)C4=O)sc23)c1C(=O)N1CC[C@@H]2CNC[C@@H]21. The Morgan fingerprint density at radius 2 is 1.98 bits per heavy atom. The van der Waals surface area contributed by atoms with Crippen molar-refractivity contribution in [1.82, 2.24) is 25.1 Å². The van der Waals surface area contributed by atoms with Crippen LogP contribution in [0.5, 0.6) is 0 Å². The van der Waals surface area contributed by atoms with E-state index in [0.29, 0.717) is 39.7 Å². The number of imide groups is 1. The molecule has 3 fully saturated rings. The van der Waals surface area contributed by atoms with Crippen molar-refractivity contribution in [3.8, 4) is 11.3 Å². The Hall–Kier alpha value is -3.38. The first-order valence-corrected chi connectivity index (χ1v) is 14.4. The van der Waals surface area contributed by atoms with Crippen molar-refractivity contribution in [2.45, 2.75) is 52.9 Å². The number of thiophene rings is 1. The zero-order valence-corrected chi connectivity index (χ0v) is 23.9. The maximum atomic E-state index is 14.0. The van der Waals surface area contributed by atoms with E-state index in [2.05, 4.69) is 15.3 Å². The van der Waals surface area contributed by atoms with Crippen LogP contribution >= 0.6 is 11.3 Å². The molecule has 3 aromatic heterocycles. The van der Waals surface area contributed by atoms with E-state index in [9.17, 15) is 27.6 Å². The van der Waals surface area contributed by atoms with E-state index < -0.39 is 23.2 Å². The summed E-state index contributed by atoms with van der Waals surface area (Å²) in [6.07, 6.45) is -2.39. The Morgan fingerprint density at radius 3 is 2.66 bits per heavy atom. The van der Waals surface area contributed by atoms with Gasteiger partial charge in [-0.3, -0.25) is 24.3 Å². The van der Waals surface area contributed by atoms with Gasteiger partial charge in [-0.1, -0.05) is 20.8 Å². The molecule has 3 saturated heterocycles. The van der Waals surface area contributed by atoms with E-state index >= 15 is 0 Å². The van der Waals surface area contributed by atoms with Gasteiger partial charge in [0, 0.05) is 48.2 Å². The van der Waals surface area contributed by atoms with Crippen LogP contribution in [0.3, 0.4) is 0 Å². The van der Waals surface area contributed by atoms with Crippen LogP contribution in [-0.4, -0.2) is 63.2 Å². The summed E-state index contributed by atoms with van der Waals surface area (Å²) in [5.41, 5.74) is -0.742. The van der Waals surface area contributed by atoms with Gasteiger partial charge in [-0.25, -0.2) is 4.98 Å². The third kappa shape index (κ3) is 4.42. The quantitative estimate of drug-likeness (QED) is 0.448. The minimum absolute atomic E-state index is 0.00924. The number of alkyl halides is 3. The van der Waals surface area contributed by atoms with Gasteiger partial charge in [-0.15, -0.1) is 11.3 Å². The largest absolute Gasteiger partial charge is 0.433 e. The van der Waals surface area contributed by atoms with Gasteiger partial charge in [0.25, 0.3) is 5.91 Å². The Labute approximate surface area is 238 Å². The highest BCUT2D eigenvalue weighted by Gasteiger charge is 2.51. The molecule has 1 unspecified atom stereocenters. The maximum Gasteiger partial charge on any atom is 0.433 e. The second kappa shape index (κ2) is 9.59. The van der Waals surface area contributed by atoms with Crippen molar-refractivity contribution in [3.05, 3.63) is 46.1 Å². The number of hydrogen-bond donors (Lipinski definition) is 1. The molecule has 1 N–H and O–H groups in total. The monoisotopic (exact) mass is 585 g/mol. The van der Waals surface area contributed by atoms with Crippen molar-refractivity contribution in [3.63, 3.8) is 0 Å². The first-order chi connectivity index (χ1) is 19.3. The van der Waals surface area contributed by atoms with Crippen molar-refractivity contribution in [2.24, 2.45) is 17.3 Å². The lowest BCUT2D eigenvalue weighted by Crippen LogP contribution is -2.39. The highest BCUT2D eigenvalue weighted by molar-refractivity contribution is 7.19. The summed E-state index contributed by atoms with van der Waals surface area (Å²) in [6, 6.07) is 4.23. The zero-order valence-electron chi connectivity index (χ0n) is 23.1. The highest BCUT2D eigenvalue weighted by atomic mass is 32.1. The number of nitrogens with one attached hydrogen (secondary N) is 1. The number of aryl methyl sites for hydroxylation is 1. The van der Waals surface area contributed by atoms with Gasteiger partial charge >= 0.3 is 6.18 Å². The number of carbonyl (C=O) groups is 3. The molecule has 6 heterocycles. The van der Waals surface area contributed by atoms with Crippen LogP contribution in [0, 0.1) is 24.2 Å². The third-order valence-corrected chi connectivity index (χ3v) is 10.1. The van der Waals surface area contributed by atoms with Crippen LogP contribution in [0.15, 0.2) is 24.4 Å². The van der Waals surface area contributed by atoms with E-state index in [1.165, 1.54) is 29.4 Å². The molecule has 3 aliphatic heterocycles. The summed E-state index contributed by atoms with van der Waals surface area (Å²) in [7, 11) is 0. The number of amides is 3. The molecule has 216 valence electrons. The molecule has 0 bridgehead atoms. The molecule has 3 aromatic rings. The first kappa shape index (κ1) is 27.8. The van der Waals surface area contributed by atoms with Crippen LogP contribution in [0.2, 0.25) is 0 Å². The number of carbonyl (C=O) groups excluding carboxylic acids is 3. The van der Waals surface area contributed by atoms with Crippen LogP contribution in [-0.2, 0) is 22.3 Å². The lowest BCUT2D eigenvalue weighted by molar-refractivity contribution is -0.142. The molecule has 41 heavy (non-hydrogen) atoms. The molecule has 3 atom stereocenters. The standard InChI is InChI=1S/C29H30F3N5O3S/c1-14-9-21(29(30,31)32)35-23(22(14)26(39)36-8-6-16-11-33-12-20(16)36)18-5-7-34-19-10-17(41-24(18)19)13-37-25(38)15(2)28(3,4)27(37)40/h5,7,9-10,15-16,20,33H,6,8,11-13H2,1-4H3/t15?,16-,20+/m1/s1. The molecule has 12 heteroatoms. The molecular weight excluding hydrogens is 555 g/mol. The number of hydrogen-bond acceptors (Lipinski definition) is 7.